The number of hydrogen-bond donors (Lipinski definition) is 1. The molecular formula is C17H19NO4S2. The second-order valence-electron chi connectivity index (χ2n) is 5.76. The van der Waals surface area contributed by atoms with Gasteiger partial charge in [0.05, 0.1) is 11.5 Å². The predicted molar refractivity (Wildman–Crippen MR) is 98.9 cm³/mol. The lowest BCUT2D eigenvalue weighted by Crippen LogP contribution is -2.33. The molecule has 1 aliphatic heterocycles. The lowest BCUT2D eigenvalue weighted by atomic mass is 10.1. The summed E-state index contributed by atoms with van der Waals surface area (Å²) in [6.45, 7) is 4.55. The number of carboxylic acids is 1. The molecule has 2 rings (SSSR count). The van der Waals surface area contributed by atoms with E-state index in [0.29, 0.717) is 17.4 Å². The molecule has 1 aromatic carbocycles. The maximum Gasteiger partial charge on any atom is 0.323 e. The van der Waals surface area contributed by atoms with E-state index in [1.54, 1.807) is 6.08 Å². The van der Waals surface area contributed by atoms with E-state index >= 15 is 0 Å². The maximum atomic E-state index is 12.2. The van der Waals surface area contributed by atoms with Crippen molar-refractivity contribution >= 4 is 46.3 Å². The van der Waals surface area contributed by atoms with Crippen LogP contribution in [0, 0.1) is 5.92 Å². The minimum absolute atomic E-state index is 0.266. The summed E-state index contributed by atoms with van der Waals surface area (Å²) in [6.07, 6.45) is 2.70. The summed E-state index contributed by atoms with van der Waals surface area (Å²) in [5.41, 5.74) is 0.835. The van der Waals surface area contributed by atoms with Gasteiger partial charge >= 0.3 is 5.97 Å². The van der Waals surface area contributed by atoms with Gasteiger partial charge in [-0.05, 0) is 36.1 Å². The molecule has 1 saturated heterocycles. The number of aliphatic carboxylic acids is 1. The van der Waals surface area contributed by atoms with E-state index < -0.39 is 12.5 Å². The smallest absolute Gasteiger partial charge is 0.323 e. The first-order chi connectivity index (χ1) is 11.4. The normalized spacial score (nSPS) is 16.3. The molecule has 0 spiro atoms. The average molecular weight is 365 g/mol. The van der Waals surface area contributed by atoms with Gasteiger partial charge in [-0.1, -0.05) is 50.0 Å². The van der Waals surface area contributed by atoms with E-state index in [0.717, 1.165) is 34.4 Å². The van der Waals surface area contributed by atoms with Crippen LogP contribution in [0.4, 0.5) is 0 Å². The van der Waals surface area contributed by atoms with Gasteiger partial charge in [0, 0.05) is 0 Å². The van der Waals surface area contributed by atoms with Gasteiger partial charge in [0.2, 0.25) is 0 Å². The molecule has 1 aliphatic rings. The minimum Gasteiger partial charge on any atom is -0.494 e. The van der Waals surface area contributed by atoms with Crippen molar-refractivity contribution in [2.75, 3.05) is 13.2 Å². The zero-order valence-corrected chi connectivity index (χ0v) is 15.2. The van der Waals surface area contributed by atoms with Gasteiger partial charge in [-0.15, -0.1) is 0 Å². The molecule has 0 atom stereocenters. The fourth-order valence-electron chi connectivity index (χ4n) is 2.00. The van der Waals surface area contributed by atoms with Crippen LogP contribution in [0.5, 0.6) is 5.75 Å². The molecule has 0 aliphatic carbocycles. The fraction of sp³-hybridized carbons (Fsp3) is 0.353. The second kappa shape index (κ2) is 8.30. The number of carbonyl (C=O) groups is 2. The summed E-state index contributed by atoms with van der Waals surface area (Å²) in [5, 5.41) is 8.82. The zero-order valence-electron chi connectivity index (χ0n) is 13.5. The first-order valence-electron chi connectivity index (χ1n) is 7.57. The van der Waals surface area contributed by atoms with E-state index in [1.807, 2.05) is 24.3 Å². The Morgan fingerprint density at radius 2 is 2.04 bits per heavy atom. The van der Waals surface area contributed by atoms with Crippen LogP contribution in [0.1, 0.15) is 25.8 Å². The Balaban J connectivity index is 2.02. The lowest BCUT2D eigenvalue weighted by molar-refractivity contribution is -0.140. The van der Waals surface area contributed by atoms with Gasteiger partial charge in [-0.2, -0.15) is 0 Å². The lowest BCUT2D eigenvalue weighted by Gasteiger charge is -2.10. The Morgan fingerprint density at radius 3 is 2.62 bits per heavy atom. The summed E-state index contributed by atoms with van der Waals surface area (Å²) in [6, 6.07) is 7.41. The molecule has 128 valence electrons. The zero-order chi connectivity index (χ0) is 17.7. The van der Waals surface area contributed by atoms with Crippen LogP contribution in [0.15, 0.2) is 29.2 Å². The van der Waals surface area contributed by atoms with Crippen molar-refractivity contribution in [1.29, 1.82) is 0 Å². The Hall–Kier alpha value is -1.86. The van der Waals surface area contributed by atoms with Crippen molar-refractivity contribution < 1.29 is 19.4 Å². The third-order valence-corrected chi connectivity index (χ3v) is 4.69. The van der Waals surface area contributed by atoms with Crippen molar-refractivity contribution in [2.45, 2.75) is 20.3 Å². The van der Waals surface area contributed by atoms with E-state index in [9.17, 15) is 9.59 Å². The van der Waals surface area contributed by atoms with Crippen LogP contribution < -0.4 is 4.74 Å². The molecular weight excluding hydrogens is 346 g/mol. The highest BCUT2D eigenvalue weighted by Crippen LogP contribution is 2.32. The first kappa shape index (κ1) is 18.5. The Bertz CT molecular complexity index is 668. The summed E-state index contributed by atoms with van der Waals surface area (Å²) in [7, 11) is 0. The van der Waals surface area contributed by atoms with Crippen molar-refractivity contribution in [1.82, 2.24) is 4.90 Å². The molecule has 5 nitrogen and oxygen atoms in total. The van der Waals surface area contributed by atoms with E-state index in [2.05, 4.69) is 13.8 Å². The van der Waals surface area contributed by atoms with Gasteiger partial charge in [0.1, 0.15) is 16.6 Å². The van der Waals surface area contributed by atoms with Gasteiger partial charge < -0.3 is 9.84 Å². The van der Waals surface area contributed by atoms with Gasteiger partial charge in [0.25, 0.3) is 5.91 Å². The highest BCUT2D eigenvalue weighted by molar-refractivity contribution is 8.26. The predicted octanol–water partition coefficient (Wildman–Crippen LogP) is 3.40. The van der Waals surface area contributed by atoms with Crippen LogP contribution in [0.25, 0.3) is 6.08 Å². The van der Waals surface area contributed by atoms with Gasteiger partial charge in [-0.25, -0.2) is 0 Å². The molecule has 7 heteroatoms. The number of nitrogens with zero attached hydrogens (tertiary/aromatic N) is 1. The minimum atomic E-state index is -1.09. The molecule has 0 saturated carbocycles. The van der Waals surface area contributed by atoms with E-state index in [-0.39, 0.29) is 10.2 Å². The summed E-state index contributed by atoms with van der Waals surface area (Å²) in [5.74, 6) is -0.0802. The second-order valence-corrected chi connectivity index (χ2v) is 7.44. The third kappa shape index (κ3) is 5.07. The van der Waals surface area contributed by atoms with Crippen molar-refractivity contribution in [2.24, 2.45) is 5.92 Å². The summed E-state index contributed by atoms with van der Waals surface area (Å²) >= 11 is 6.18. The largest absolute Gasteiger partial charge is 0.494 e. The number of thioether (sulfide) groups is 1. The third-order valence-electron chi connectivity index (χ3n) is 3.31. The number of hydrogen-bond acceptors (Lipinski definition) is 5. The summed E-state index contributed by atoms with van der Waals surface area (Å²) < 4.78 is 5.92. The molecule has 1 fully saturated rings. The number of carboxylic acid groups (broad SMARTS) is 1. The highest BCUT2D eigenvalue weighted by Gasteiger charge is 2.33. The standard InChI is InChI=1S/C17H19NO4S2/c1-11(2)7-8-22-13-5-3-12(4-6-13)9-14-16(21)18(10-15(19)20)17(23)24-14/h3-6,9,11H,7-8,10H2,1-2H3,(H,19,20). The van der Waals surface area contributed by atoms with Crippen LogP contribution in [0.2, 0.25) is 0 Å². The number of benzene rings is 1. The highest BCUT2D eigenvalue weighted by atomic mass is 32.2. The Labute approximate surface area is 150 Å². The quantitative estimate of drug-likeness (QED) is 0.590. The number of carbonyl (C=O) groups excluding carboxylic acids is 1. The topological polar surface area (TPSA) is 66.8 Å². The molecule has 1 heterocycles. The van der Waals surface area contributed by atoms with Crippen LogP contribution >= 0.6 is 24.0 Å². The molecule has 1 N–H and O–H groups in total. The number of rotatable bonds is 7. The molecule has 0 aromatic heterocycles. The molecule has 0 radical (unpaired) electrons. The number of ether oxygens (including phenoxy) is 1. The van der Waals surface area contributed by atoms with Crippen molar-refractivity contribution in [3.8, 4) is 5.75 Å². The number of thiocarbonyl (C=S) groups is 1. The van der Waals surface area contributed by atoms with Gasteiger partial charge in [0.15, 0.2) is 0 Å². The Morgan fingerprint density at radius 1 is 1.38 bits per heavy atom. The van der Waals surface area contributed by atoms with Crippen LogP contribution in [0.3, 0.4) is 0 Å². The maximum absolute atomic E-state index is 12.2. The molecule has 24 heavy (non-hydrogen) atoms. The van der Waals surface area contributed by atoms with Crippen LogP contribution in [-0.4, -0.2) is 39.4 Å². The summed E-state index contributed by atoms with van der Waals surface area (Å²) in [4.78, 5) is 24.5. The SMILES string of the molecule is CC(C)CCOc1ccc(C=C2SC(=S)N(CC(=O)O)C2=O)cc1. The van der Waals surface area contributed by atoms with E-state index in [1.165, 1.54) is 0 Å². The molecule has 0 bridgehead atoms. The molecule has 1 amide bonds. The fourth-order valence-corrected chi connectivity index (χ4v) is 3.25. The molecule has 1 aromatic rings. The van der Waals surface area contributed by atoms with E-state index in [4.69, 9.17) is 22.1 Å². The van der Waals surface area contributed by atoms with Gasteiger partial charge in [-0.3, -0.25) is 14.5 Å². The average Bonchev–Trinajstić information content (AvgIpc) is 2.76. The Kier molecular flexibility index (Phi) is 6.39. The van der Waals surface area contributed by atoms with Crippen molar-refractivity contribution in [3.05, 3.63) is 34.7 Å². The monoisotopic (exact) mass is 365 g/mol. The van der Waals surface area contributed by atoms with Crippen molar-refractivity contribution in [3.63, 3.8) is 0 Å². The first-order valence-corrected chi connectivity index (χ1v) is 8.79. The molecule has 0 unspecified atom stereocenters. The number of amides is 1. The van der Waals surface area contributed by atoms with Crippen LogP contribution in [-0.2, 0) is 9.59 Å².